The summed E-state index contributed by atoms with van der Waals surface area (Å²) in [7, 11) is 0. The molecule has 1 aliphatic carbocycles. The summed E-state index contributed by atoms with van der Waals surface area (Å²) in [5.74, 6) is -8.58. The van der Waals surface area contributed by atoms with E-state index in [1.54, 1.807) is 0 Å². The van der Waals surface area contributed by atoms with E-state index in [9.17, 15) is 61.3 Å². The van der Waals surface area contributed by atoms with Gasteiger partial charge in [-0.3, -0.25) is 0 Å². The zero-order valence-corrected chi connectivity index (χ0v) is 35.5. The van der Waals surface area contributed by atoms with Crippen LogP contribution < -0.4 is 0 Å². The number of fused-ring (bicyclic) bond motifs is 8. The number of hydrogen-bond acceptors (Lipinski definition) is 12. The molecule has 1 aliphatic rings. The summed E-state index contributed by atoms with van der Waals surface area (Å²) in [6.07, 6.45) is 8.63. The quantitative estimate of drug-likeness (QED) is 0.0328. The van der Waals surface area contributed by atoms with E-state index in [2.05, 4.69) is 0 Å². The van der Waals surface area contributed by atoms with Gasteiger partial charge < -0.3 is 61.3 Å². The van der Waals surface area contributed by atoms with Crippen LogP contribution in [0.1, 0.15) is 172 Å². The third-order valence-electron chi connectivity index (χ3n) is 12.5. The maximum Gasteiger partial charge on any atom is 0.200 e. The van der Waals surface area contributed by atoms with Crippen molar-refractivity contribution in [2.24, 2.45) is 0 Å². The number of unbranched alkanes of at least 4 members (excludes halogenated alkanes) is 8. The first kappa shape index (κ1) is 45.6. The van der Waals surface area contributed by atoms with E-state index in [-0.39, 0.29) is 95.9 Å². The van der Waals surface area contributed by atoms with Gasteiger partial charge in [-0.15, -0.1) is 0 Å². The Balaban J connectivity index is 2.03. The Morgan fingerprint density at radius 1 is 0.233 bits per heavy atom. The highest BCUT2D eigenvalue weighted by atomic mass is 16.3. The molecular weight excluding hydrogens is 769 g/mol. The summed E-state index contributed by atoms with van der Waals surface area (Å²) in [6.45, 7) is 8.06. The van der Waals surface area contributed by atoms with Crippen molar-refractivity contribution in [2.75, 3.05) is 0 Å². The molecule has 0 radical (unpaired) electrons. The van der Waals surface area contributed by atoms with Crippen LogP contribution >= 0.6 is 0 Å². The molecule has 12 nitrogen and oxygen atoms in total. The Labute approximate surface area is 352 Å². The maximum atomic E-state index is 11.7. The second-order valence-corrected chi connectivity index (χ2v) is 16.5. The standard InChI is InChI=1S/C48H64O12/c1-5-9-13-17-25-29-21-31-26(18-14-10-6-2)33(41(53)46(58)39(31)51)23-35-28(20-16-12-8-4)36(44(56)48(60)43(35)55)24-34-27(19-15-11-7-3)32(40(52)47(59)42(34)54)22-30(25)38(50)45(57)37(29)49/h49-60H,5-24H2,1-4H3. The molecule has 0 saturated carbocycles. The second-order valence-electron chi connectivity index (χ2n) is 16.5. The SMILES string of the molecule is CCCCCc1c2c(O)c(O)c(O)c1Cc1c(O)c(O)c(O)c(c1CCCCC)Cc1c(O)c(O)c(O)c(c1CCCCC)Cc1c(O)c(O)c(O)c(c1CCCCC)C2. The van der Waals surface area contributed by atoms with Crippen molar-refractivity contribution in [3.63, 3.8) is 0 Å². The van der Waals surface area contributed by atoms with E-state index in [4.69, 9.17) is 0 Å². The van der Waals surface area contributed by atoms with E-state index in [1.165, 1.54) is 0 Å². The number of hydrogen-bond donors (Lipinski definition) is 12. The molecule has 0 fully saturated rings. The molecule has 12 heteroatoms. The van der Waals surface area contributed by atoms with Crippen LogP contribution in [0.3, 0.4) is 0 Å². The summed E-state index contributed by atoms with van der Waals surface area (Å²) in [5.41, 5.74) is 2.71. The van der Waals surface area contributed by atoms with Gasteiger partial charge in [0.05, 0.1) is 0 Å². The predicted molar refractivity (Wildman–Crippen MR) is 230 cm³/mol. The van der Waals surface area contributed by atoms with Crippen LogP contribution in [0.25, 0.3) is 0 Å². The molecule has 4 aromatic rings. The van der Waals surface area contributed by atoms with Gasteiger partial charge in [-0.2, -0.15) is 0 Å². The number of phenols is 12. The summed E-state index contributed by atoms with van der Waals surface area (Å²) in [6, 6.07) is 0. The van der Waals surface area contributed by atoms with Gasteiger partial charge in [-0.25, -0.2) is 0 Å². The molecule has 0 spiro atoms. The van der Waals surface area contributed by atoms with Gasteiger partial charge in [-0.05, 0) is 73.6 Å². The van der Waals surface area contributed by atoms with E-state index < -0.39 is 69.0 Å². The smallest absolute Gasteiger partial charge is 0.200 e. The highest BCUT2D eigenvalue weighted by Gasteiger charge is 2.34. The van der Waals surface area contributed by atoms with E-state index >= 15 is 0 Å². The van der Waals surface area contributed by atoms with Crippen LogP contribution in [0, 0.1) is 0 Å². The monoisotopic (exact) mass is 832 g/mol. The van der Waals surface area contributed by atoms with Gasteiger partial charge in [0.15, 0.2) is 46.0 Å². The lowest BCUT2D eigenvalue weighted by molar-refractivity contribution is 0.355. The molecule has 0 atom stereocenters. The molecule has 60 heavy (non-hydrogen) atoms. The van der Waals surface area contributed by atoms with Gasteiger partial charge in [0.25, 0.3) is 0 Å². The molecular formula is C48H64O12. The second kappa shape index (κ2) is 19.7. The van der Waals surface area contributed by atoms with Crippen LogP contribution in [0.5, 0.6) is 69.0 Å². The molecule has 4 aromatic carbocycles. The first-order chi connectivity index (χ1) is 28.7. The number of phenolic OH excluding ortho intramolecular Hbond substituents is 12. The molecule has 5 rings (SSSR count). The molecule has 0 amide bonds. The maximum absolute atomic E-state index is 11.7. The Kier molecular flexibility index (Phi) is 15.0. The Morgan fingerprint density at radius 2 is 0.383 bits per heavy atom. The fraction of sp³-hybridized carbons (Fsp3) is 0.500. The first-order valence-corrected chi connectivity index (χ1v) is 21.8. The minimum atomic E-state index is -0.845. The number of benzene rings is 4. The summed E-state index contributed by atoms with van der Waals surface area (Å²) in [4.78, 5) is 0. The van der Waals surface area contributed by atoms with Crippen LogP contribution in [0.4, 0.5) is 0 Å². The summed E-state index contributed by atoms with van der Waals surface area (Å²) < 4.78 is 0. The van der Waals surface area contributed by atoms with E-state index in [0.717, 1.165) is 51.4 Å². The Bertz CT molecular complexity index is 1780. The third kappa shape index (κ3) is 8.69. The van der Waals surface area contributed by atoms with Crippen molar-refractivity contribution < 1.29 is 61.3 Å². The average Bonchev–Trinajstić information content (AvgIpc) is 3.23. The number of rotatable bonds is 16. The third-order valence-corrected chi connectivity index (χ3v) is 12.5. The minimum absolute atomic E-state index is 0.134. The minimum Gasteiger partial charge on any atom is -0.504 e. The summed E-state index contributed by atoms with van der Waals surface area (Å²) in [5, 5.41) is 139. The highest BCUT2D eigenvalue weighted by Crippen LogP contribution is 2.54. The molecule has 328 valence electrons. The molecule has 0 aliphatic heterocycles. The Morgan fingerprint density at radius 3 is 0.517 bits per heavy atom. The lowest BCUT2D eigenvalue weighted by atomic mass is 9.80. The van der Waals surface area contributed by atoms with Crippen molar-refractivity contribution in [1.82, 2.24) is 0 Å². The zero-order valence-electron chi connectivity index (χ0n) is 35.5. The summed E-state index contributed by atoms with van der Waals surface area (Å²) >= 11 is 0. The fourth-order valence-electron chi connectivity index (χ4n) is 9.11. The van der Waals surface area contributed by atoms with E-state index in [0.29, 0.717) is 47.9 Å². The molecule has 0 saturated heterocycles. The van der Waals surface area contributed by atoms with E-state index in [1.807, 2.05) is 27.7 Å². The van der Waals surface area contributed by atoms with Crippen LogP contribution in [-0.4, -0.2) is 61.3 Å². The average molecular weight is 833 g/mol. The van der Waals surface area contributed by atoms with Crippen LogP contribution in [0.15, 0.2) is 0 Å². The van der Waals surface area contributed by atoms with Crippen LogP contribution in [-0.2, 0) is 51.4 Å². The lowest BCUT2D eigenvalue weighted by Gasteiger charge is -2.27. The molecule has 0 unspecified atom stereocenters. The molecule has 8 bridgehead atoms. The van der Waals surface area contributed by atoms with Gasteiger partial charge >= 0.3 is 0 Å². The van der Waals surface area contributed by atoms with Gasteiger partial charge in [-0.1, -0.05) is 79.1 Å². The van der Waals surface area contributed by atoms with Gasteiger partial charge in [0.1, 0.15) is 0 Å². The van der Waals surface area contributed by atoms with Crippen molar-refractivity contribution in [3.8, 4) is 69.0 Å². The van der Waals surface area contributed by atoms with Crippen molar-refractivity contribution in [2.45, 2.75) is 156 Å². The molecule has 0 aromatic heterocycles. The van der Waals surface area contributed by atoms with Gasteiger partial charge in [0.2, 0.25) is 23.0 Å². The highest BCUT2D eigenvalue weighted by molar-refractivity contribution is 5.72. The first-order valence-electron chi connectivity index (χ1n) is 21.8. The normalized spacial score (nSPS) is 12.6. The lowest BCUT2D eigenvalue weighted by Crippen LogP contribution is -2.12. The van der Waals surface area contributed by atoms with Crippen molar-refractivity contribution >= 4 is 0 Å². The Hall–Kier alpha value is -5.52. The largest absolute Gasteiger partial charge is 0.504 e. The molecule has 0 heterocycles. The predicted octanol–water partition coefficient (Wildman–Crippen LogP) is 9.76. The number of aromatic hydroxyl groups is 12. The topological polar surface area (TPSA) is 243 Å². The zero-order chi connectivity index (χ0) is 44.0. The fourth-order valence-corrected chi connectivity index (χ4v) is 9.11. The van der Waals surface area contributed by atoms with Gasteiger partial charge in [0, 0.05) is 70.2 Å². The van der Waals surface area contributed by atoms with Crippen molar-refractivity contribution in [1.29, 1.82) is 0 Å². The molecule has 12 N–H and O–H groups in total. The van der Waals surface area contributed by atoms with Crippen LogP contribution in [0.2, 0.25) is 0 Å². The van der Waals surface area contributed by atoms with Crippen molar-refractivity contribution in [3.05, 3.63) is 66.8 Å².